The number of hydrogen-bond acceptors (Lipinski definition) is 9. The van der Waals surface area contributed by atoms with Crippen LogP contribution in [0.15, 0.2) is 41.9 Å². The molecule has 3 fully saturated rings. The number of ether oxygens (including phenoxy) is 4. The predicted molar refractivity (Wildman–Crippen MR) is 125 cm³/mol. The van der Waals surface area contributed by atoms with Crippen molar-refractivity contribution >= 4 is 39.1 Å². The van der Waals surface area contributed by atoms with Crippen LogP contribution in [-0.4, -0.2) is 52.6 Å². The molecule has 0 radical (unpaired) electrons. The molecule has 5 atom stereocenters. The Labute approximate surface area is 204 Å². The standard InChI is InChI=1S/C25H22N2O7S/c1-24-19(28)10-25(34-24,6-7-31-14-3-5-16-17(9-14)33-12-32-16)21-20(24)22(29)27(23(21)30)13-2-4-15-18(8-13)35-11-26-15/h2-5,8-9,11,19-21,28H,6-7,10,12H2,1H3/t19-,20-,21+,24-,25?/m0/s1. The first-order valence-corrected chi connectivity index (χ1v) is 12.4. The second kappa shape index (κ2) is 7.16. The number of carbonyl (C=O) groups excluding carboxylic acids is 2. The van der Waals surface area contributed by atoms with Crippen LogP contribution in [0.25, 0.3) is 10.2 Å². The highest BCUT2D eigenvalue weighted by molar-refractivity contribution is 7.16. The molecule has 35 heavy (non-hydrogen) atoms. The fourth-order valence-corrected chi connectivity index (χ4v) is 6.88. The minimum atomic E-state index is -1.13. The summed E-state index contributed by atoms with van der Waals surface area (Å²) in [6.45, 7) is 2.17. The minimum absolute atomic E-state index is 0.178. The number of anilines is 1. The number of hydrogen-bond donors (Lipinski definition) is 1. The molecule has 1 unspecified atom stereocenters. The number of carbonyl (C=O) groups is 2. The summed E-state index contributed by atoms with van der Waals surface area (Å²) in [5, 5.41) is 10.9. The van der Waals surface area contributed by atoms with E-state index < -0.39 is 29.1 Å². The number of aliphatic hydroxyl groups excluding tert-OH is 1. The number of amides is 2. The number of fused-ring (bicyclic) bond motifs is 7. The molecule has 5 heterocycles. The Balaban J connectivity index is 1.17. The van der Waals surface area contributed by atoms with Gasteiger partial charge in [-0.3, -0.25) is 9.59 Å². The Morgan fingerprint density at radius 3 is 2.86 bits per heavy atom. The van der Waals surface area contributed by atoms with Gasteiger partial charge in [0.1, 0.15) is 11.4 Å². The molecule has 0 spiro atoms. The van der Waals surface area contributed by atoms with Gasteiger partial charge in [0.15, 0.2) is 11.5 Å². The molecule has 1 N–H and O–H groups in total. The average Bonchev–Trinajstić information content (AvgIpc) is 3.61. The van der Waals surface area contributed by atoms with E-state index >= 15 is 0 Å². The van der Waals surface area contributed by atoms with Gasteiger partial charge in [-0.15, -0.1) is 11.3 Å². The van der Waals surface area contributed by atoms with E-state index in [1.165, 1.54) is 16.2 Å². The van der Waals surface area contributed by atoms with E-state index in [1.54, 1.807) is 36.7 Å². The summed E-state index contributed by atoms with van der Waals surface area (Å²) in [6.07, 6.45) is -0.221. The number of imide groups is 1. The predicted octanol–water partition coefficient (Wildman–Crippen LogP) is 2.89. The molecule has 7 rings (SSSR count). The fraction of sp³-hybridized carbons (Fsp3) is 0.400. The van der Waals surface area contributed by atoms with Crippen LogP contribution in [0.5, 0.6) is 17.2 Å². The van der Waals surface area contributed by atoms with E-state index in [1.807, 2.05) is 12.1 Å². The van der Waals surface area contributed by atoms with E-state index in [0.717, 1.165) is 10.2 Å². The molecule has 2 amide bonds. The van der Waals surface area contributed by atoms with E-state index in [2.05, 4.69) is 4.98 Å². The second-order valence-electron chi connectivity index (χ2n) is 9.66. The highest BCUT2D eigenvalue weighted by Crippen LogP contribution is 2.62. The molecule has 3 saturated heterocycles. The van der Waals surface area contributed by atoms with E-state index in [4.69, 9.17) is 18.9 Å². The van der Waals surface area contributed by atoms with E-state index in [0.29, 0.717) is 29.4 Å². The third-order valence-corrected chi connectivity index (χ3v) is 8.62. The lowest BCUT2D eigenvalue weighted by molar-refractivity contribution is -0.134. The summed E-state index contributed by atoms with van der Waals surface area (Å²) < 4.78 is 24.0. The smallest absolute Gasteiger partial charge is 0.240 e. The van der Waals surface area contributed by atoms with Gasteiger partial charge in [0.25, 0.3) is 0 Å². The highest BCUT2D eigenvalue weighted by Gasteiger charge is 2.77. The van der Waals surface area contributed by atoms with Gasteiger partial charge in [0, 0.05) is 18.9 Å². The van der Waals surface area contributed by atoms with Gasteiger partial charge in [-0.25, -0.2) is 9.88 Å². The lowest BCUT2D eigenvalue weighted by atomic mass is 9.66. The van der Waals surface area contributed by atoms with Crippen molar-refractivity contribution in [2.45, 2.75) is 37.1 Å². The zero-order chi connectivity index (χ0) is 23.9. The Morgan fingerprint density at radius 2 is 1.97 bits per heavy atom. The number of benzene rings is 2. The lowest BCUT2D eigenvalue weighted by Gasteiger charge is -2.33. The monoisotopic (exact) mass is 494 g/mol. The number of nitrogens with zero attached hydrogens (tertiary/aromatic N) is 2. The van der Waals surface area contributed by atoms with Crippen molar-refractivity contribution in [3.8, 4) is 17.2 Å². The maximum absolute atomic E-state index is 13.7. The summed E-state index contributed by atoms with van der Waals surface area (Å²) in [6, 6.07) is 10.7. The molecule has 9 nitrogen and oxygen atoms in total. The Hall–Kier alpha value is -3.21. The molecular formula is C25H22N2O7S. The molecule has 0 aliphatic carbocycles. The third-order valence-electron chi connectivity index (χ3n) is 7.83. The molecule has 2 aromatic carbocycles. The van der Waals surface area contributed by atoms with Crippen molar-refractivity contribution in [2.24, 2.45) is 11.8 Å². The molecule has 4 aliphatic rings. The molecule has 2 bridgehead atoms. The molecule has 4 aliphatic heterocycles. The maximum atomic E-state index is 13.7. The summed E-state index contributed by atoms with van der Waals surface area (Å²) in [5.74, 6) is -0.158. The maximum Gasteiger partial charge on any atom is 0.240 e. The molecule has 3 aromatic rings. The summed E-state index contributed by atoms with van der Waals surface area (Å²) >= 11 is 1.45. The number of aliphatic hydroxyl groups is 1. The van der Waals surface area contributed by atoms with Gasteiger partial charge in [0.2, 0.25) is 18.6 Å². The SMILES string of the molecule is C[C@]12OC(CCOc3ccc4c(c3)OCO4)(C[C@@H]1O)[C@H]1C(=O)N(c3ccc4ncsc4c3)C(=O)[C@H]12. The van der Waals surface area contributed by atoms with Crippen LogP contribution in [0.3, 0.4) is 0 Å². The van der Waals surface area contributed by atoms with Crippen molar-refractivity contribution in [3.63, 3.8) is 0 Å². The first-order valence-electron chi connectivity index (χ1n) is 11.5. The largest absolute Gasteiger partial charge is 0.493 e. The van der Waals surface area contributed by atoms with Gasteiger partial charge < -0.3 is 24.1 Å². The van der Waals surface area contributed by atoms with Crippen LogP contribution < -0.4 is 19.1 Å². The number of aromatic nitrogens is 1. The van der Waals surface area contributed by atoms with Crippen LogP contribution in [0.2, 0.25) is 0 Å². The van der Waals surface area contributed by atoms with Gasteiger partial charge in [-0.05, 0) is 37.3 Å². The topological polar surface area (TPSA) is 107 Å². The first kappa shape index (κ1) is 21.1. The lowest BCUT2D eigenvalue weighted by Crippen LogP contribution is -2.49. The minimum Gasteiger partial charge on any atom is -0.493 e. The number of rotatable bonds is 5. The van der Waals surface area contributed by atoms with Gasteiger partial charge in [0.05, 0.1) is 51.6 Å². The van der Waals surface area contributed by atoms with Crippen molar-refractivity contribution in [1.29, 1.82) is 0 Å². The van der Waals surface area contributed by atoms with Crippen LogP contribution in [0, 0.1) is 11.8 Å². The van der Waals surface area contributed by atoms with E-state index in [9.17, 15) is 14.7 Å². The third kappa shape index (κ3) is 2.84. The Morgan fingerprint density at radius 1 is 1.14 bits per heavy atom. The molecule has 10 heteroatoms. The summed E-state index contributed by atoms with van der Waals surface area (Å²) in [7, 11) is 0. The van der Waals surface area contributed by atoms with E-state index in [-0.39, 0.29) is 31.6 Å². The molecule has 1 aromatic heterocycles. The van der Waals surface area contributed by atoms with Gasteiger partial charge >= 0.3 is 0 Å². The van der Waals surface area contributed by atoms with Gasteiger partial charge in [-0.2, -0.15) is 0 Å². The average molecular weight is 495 g/mol. The molecular weight excluding hydrogens is 472 g/mol. The van der Waals surface area contributed by atoms with Crippen LogP contribution in [0.4, 0.5) is 5.69 Å². The highest BCUT2D eigenvalue weighted by atomic mass is 32.1. The van der Waals surface area contributed by atoms with Gasteiger partial charge in [-0.1, -0.05) is 0 Å². The van der Waals surface area contributed by atoms with Crippen LogP contribution in [0.1, 0.15) is 19.8 Å². The van der Waals surface area contributed by atoms with Crippen molar-refractivity contribution in [1.82, 2.24) is 4.98 Å². The van der Waals surface area contributed by atoms with Crippen molar-refractivity contribution in [3.05, 3.63) is 41.9 Å². The Bertz CT molecular complexity index is 1390. The van der Waals surface area contributed by atoms with Crippen LogP contribution >= 0.6 is 11.3 Å². The Kier molecular flexibility index (Phi) is 4.32. The quantitative estimate of drug-likeness (QED) is 0.540. The molecule has 0 saturated carbocycles. The first-order chi connectivity index (χ1) is 16.9. The number of thiazole rings is 1. The molecule has 180 valence electrons. The summed E-state index contributed by atoms with van der Waals surface area (Å²) in [4.78, 5) is 32.9. The second-order valence-corrected chi connectivity index (χ2v) is 10.5. The zero-order valence-corrected chi connectivity index (χ0v) is 19.6. The fourth-order valence-electron chi connectivity index (χ4n) is 6.17. The van der Waals surface area contributed by atoms with Crippen LogP contribution in [-0.2, 0) is 14.3 Å². The normalized spacial score (nSPS) is 32.6. The van der Waals surface area contributed by atoms with Crippen molar-refractivity contribution in [2.75, 3.05) is 18.3 Å². The summed E-state index contributed by atoms with van der Waals surface area (Å²) in [5.41, 5.74) is 0.971. The zero-order valence-electron chi connectivity index (χ0n) is 18.8. The van der Waals surface area contributed by atoms with Crippen molar-refractivity contribution < 1.29 is 33.6 Å².